The third-order valence-corrected chi connectivity index (χ3v) is 5.70. The first-order chi connectivity index (χ1) is 14.7. The highest BCUT2D eigenvalue weighted by molar-refractivity contribution is 5.80. The van der Waals surface area contributed by atoms with Crippen LogP contribution in [0.2, 0.25) is 0 Å². The summed E-state index contributed by atoms with van der Waals surface area (Å²) in [4.78, 5) is 6.99. The summed E-state index contributed by atoms with van der Waals surface area (Å²) in [5.74, 6) is 0.770. The average molecular weight is 437 g/mol. The third kappa shape index (κ3) is 6.00. The summed E-state index contributed by atoms with van der Waals surface area (Å²) in [7, 11) is 1.93. The van der Waals surface area contributed by atoms with Gasteiger partial charge >= 0.3 is 6.18 Å². The molecule has 1 atom stereocenters. The Balaban J connectivity index is 1.56. The molecule has 6 nitrogen and oxygen atoms in total. The highest BCUT2D eigenvalue weighted by Crippen LogP contribution is 2.29. The number of nitrogens with one attached hydrogen (secondary N) is 2. The van der Waals surface area contributed by atoms with Crippen LogP contribution in [0.15, 0.2) is 29.3 Å². The summed E-state index contributed by atoms with van der Waals surface area (Å²) in [5.41, 5.74) is 3.51. The van der Waals surface area contributed by atoms with E-state index in [0.29, 0.717) is 13.1 Å². The first kappa shape index (κ1) is 23.1. The Labute approximate surface area is 181 Å². The molecule has 2 N–H and O–H groups in total. The number of aliphatic imine (C=N–C) groups is 1. The normalized spacial score (nSPS) is 17.9. The van der Waals surface area contributed by atoms with E-state index < -0.39 is 11.7 Å². The van der Waals surface area contributed by atoms with Crippen LogP contribution in [0, 0.1) is 13.8 Å². The van der Waals surface area contributed by atoms with Gasteiger partial charge in [-0.05, 0) is 44.9 Å². The van der Waals surface area contributed by atoms with Crippen LogP contribution < -0.4 is 10.6 Å². The Hall–Kier alpha value is -2.55. The average Bonchev–Trinajstić information content (AvgIpc) is 3.23. The molecular formula is C22H31F3N6. The van der Waals surface area contributed by atoms with E-state index in [4.69, 9.17) is 4.99 Å². The number of halogens is 3. The van der Waals surface area contributed by atoms with Crippen molar-refractivity contribution in [1.82, 2.24) is 25.3 Å². The van der Waals surface area contributed by atoms with Gasteiger partial charge in [-0.1, -0.05) is 12.1 Å². The van der Waals surface area contributed by atoms with E-state index in [9.17, 15) is 13.2 Å². The molecule has 0 spiro atoms. The second-order valence-electron chi connectivity index (χ2n) is 8.03. The number of alkyl halides is 3. The predicted octanol–water partition coefficient (Wildman–Crippen LogP) is 3.39. The number of hydrogen-bond acceptors (Lipinski definition) is 3. The summed E-state index contributed by atoms with van der Waals surface area (Å²) >= 11 is 0. The van der Waals surface area contributed by atoms with Gasteiger partial charge in [0.25, 0.3) is 0 Å². The van der Waals surface area contributed by atoms with Crippen molar-refractivity contribution in [2.45, 2.75) is 52.5 Å². The molecule has 1 aromatic heterocycles. The quantitative estimate of drug-likeness (QED) is 0.539. The van der Waals surface area contributed by atoms with Gasteiger partial charge in [0.05, 0.1) is 17.8 Å². The number of benzene rings is 1. The fourth-order valence-electron chi connectivity index (χ4n) is 3.87. The predicted molar refractivity (Wildman–Crippen MR) is 116 cm³/mol. The van der Waals surface area contributed by atoms with Crippen molar-refractivity contribution < 1.29 is 13.2 Å². The van der Waals surface area contributed by atoms with Crippen molar-refractivity contribution in [3.63, 3.8) is 0 Å². The van der Waals surface area contributed by atoms with Crippen molar-refractivity contribution in [2.24, 2.45) is 12.0 Å². The van der Waals surface area contributed by atoms with Crippen LogP contribution in [0.5, 0.6) is 0 Å². The van der Waals surface area contributed by atoms with E-state index in [1.54, 1.807) is 12.1 Å². The van der Waals surface area contributed by atoms with E-state index >= 15 is 0 Å². The van der Waals surface area contributed by atoms with E-state index in [0.717, 1.165) is 66.7 Å². The fourth-order valence-corrected chi connectivity index (χ4v) is 3.87. The number of aryl methyl sites for hydroxylation is 2. The molecule has 0 aliphatic carbocycles. The summed E-state index contributed by atoms with van der Waals surface area (Å²) < 4.78 is 40.1. The van der Waals surface area contributed by atoms with Gasteiger partial charge in [-0.25, -0.2) is 4.99 Å². The zero-order valence-electron chi connectivity index (χ0n) is 18.6. The van der Waals surface area contributed by atoms with Gasteiger partial charge < -0.3 is 10.6 Å². The molecule has 3 rings (SSSR count). The lowest BCUT2D eigenvalue weighted by molar-refractivity contribution is -0.137. The number of aromatic nitrogens is 2. The Morgan fingerprint density at radius 1 is 1.23 bits per heavy atom. The van der Waals surface area contributed by atoms with E-state index in [1.807, 2.05) is 32.5 Å². The highest BCUT2D eigenvalue weighted by atomic mass is 19.4. The molecule has 31 heavy (non-hydrogen) atoms. The van der Waals surface area contributed by atoms with E-state index in [2.05, 4.69) is 20.6 Å². The molecule has 1 saturated heterocycles. The van der Waals surface area contributed by atoms with Gasteiger partial charge in [0.1, 0.15) is 0 Å². The van der Waals surface area contributed by atoms with Crippen LogP contribution in [0.3, 0.4) is 0 Å². The lowest BCUT2D eigenvalue weighted by Crippen LogP contribution is -2.44. The van der Waals surface area contributed by atoms with Crippen LogP contribution in [-0.2, 0) is 26.3 Å². The third-order valence-electron chi connectivity index (χ3n) is 5.70. The maximum atomic E-state index is 12.7. The zero-order valence-corrected chi connectivity index (χ0v) is 18.6. The fraction of sp³-hybridized carbons (Fsp3) is 0.545. The molecule has 1 fully saturated rings. The van der Waals surface area contributed by atoms with Crippen LogP contribution in [-0.4, -0.2) is 46.3 Å². The molecule has 1 unspecified atom stereocenters. The Kier molecular flexibility index (Phi) is 7.25. The van der Waals surface area contributed by atoms with E-state index in [1.165, 1.54) is 0 Å². The lowest BCUT2D eigenvalue weighted by Gasteiger charge is -2.19. The molecule has 2 aromatic rings. The van der Waals surface area contributed by atoms with Crippen LogP contribution in [0.1, 0.15) is 41.4 Å². The number of likely N-dealkylation sites (tertiary alicyclic amines) is 1. The zero-order chi connectivity index (χ0) is 22.6. The Morgan fingerprint density at radius 3 is 2.52 bits per heavy atom. The highest BCUT2D eigenvalue weighted by Gasteiger charge is 2.30. The van der Waals surface area contributed by atoms with Crippen molar-refractivity contribution >= 4 is 5.96 Å². The van der Waals surface area contributed by atoms with Gasteiger partial charge in [-0.2, -0.15) is 18.3 Å². The van der Waals surface area contributed by atoms with Gasteiger partial charge in [0, 0.05) is 50.5 Å². The van der Waals surface area contributed by atoms with Gasteiger partial charge in [-0.3, -0.25) is 9.58 Å². The first-order valence-electron chi connectivity index (χ1n) is 10.6. The molecule has 170 valence electrons. The minimum Gasteiger partial charge on any atom is -0.357 e. The van der Waals surface area contributed by atoms with Crippen molar-refractivity contribution in [3.8, 4) is 0 Å². The molecule has 1 aliphatic heterocycles. The summed E-state index contributed by atoms with van der Waals surface area (Å²) in [6.45, 7) is 9.73. The van der Waals surface area contributed by atoms with Crippen LogP contribution in [0.4, 0.5) is 13.2 Å². The summed E-state index contributed by atoms with van der Waals surface area (Å²) in [6, 6.07) is 5.67. The standard InChI is InChI=1S/C22H31F3N6/c1-5-26-21(27-12-20-15(2)29-30(4)16(20)3)28-19-10-11-31(14-19)13-17-6-8-18(9-7-17)22(23,24)25/h6-9,19H,5,10-14H2,1-4H3,(H2,26,27,28). The monoisotopic (exact) mass is 436 g/mol. The second kappa shape index (κ2) is 9.72. The second-order valence-corrected chi connectivity index (χ2v) is 8.03. The molecule has 0 radical (unpaired) electrons. The molecule has 9 heteroatoms. The molecule has 2 heterocycles. The molecular weight excluding hydrogens is 405 g/mol. The molecule has 0 amide bonds. The SMILES string of the molecule is CCNC(=NCc1c(C)nn(C)c1C)NC1CCN(Cc2ccc(C(F)(F)F)cc2)C1. The topological polar surface area (TPSA) is 57.5 Å². The number of nitrogens with zero attached hydrogens (tertiary/aromatic N) is 4. The largest absolute Gasteiger partial charge is 0.416 e. The van der Waals surface area contributed by atoms with Gasteiger partial charge in [0.15, 0.2) is 5.96 Å². The molecule has 1 aromatic carbocycles. The minimum atomic E-state index is -4.30. The maximum absolute atomic E-state index is 12.7. The van der Waals surface area contributed by atoms with Crippen LogP contribution in [0.25, 0.3) is 0 Å². The van der Waals surface area contributed by atoms with Gasteiger partial charge in [-0.15, -0.1) is 0 Å². The van der Waals surface area contributed by atoms with E-state index in [-0.39, 0.29) is 6.04 Å². The smallest absolute Gasteiger partial charge is 0.357 e. The number of hydrogen-bond donors (Lipinski definition) is 2. The Bertz CT molecular complexity index is 901. The molecule has 0 bridgehead atoms. The number of rotatable bonds is 6. The van der Waals surface area contributed by atoms with Crippen molar-refractivity contribution in [3.05, 3.63) is 52.3 Å². The van der Waals surface area contributed by atoms with Crippen molar-refractivity contribution in [2.75, 3.05) is 19.6 Å². The van der Waals surface area contributed by atoms with Crippen LogP contribution >= 0.6 is 0 Å². The minimum absolute atomic E-state index is 0.239. The summed E-state index contributed by atoms with van der Waals surface area (Å²) in [6.07, 6.45) is -3.34. The first-order valence-corrected chi connectivity index (χ1v) is 10.6. The molecule has 0 saturated carbocycles. The van der Waals surface area contributed by atoms with Gasteiger partial charge in [0.2, 0.25) is 0 Å². The lowest BCUT2D eigenvalue weighted by atomic mass is 10.1. The Morgan fingerprint density at radius 2 is 1.94 bits per heavy atom. The maximum Gasteiger partial charge on any atom is 0.416 e. The number of guanidine groups is 1. The summed E-state index contributed by atoms with van der Waals surface area (Å²) in [5, 5.41) is 11.2. The van der Waals surface area contributed by atoms with Crippen molar-refractivity contribution in [1.29, 1.82) is 0 Å². The molecule has 1 aliphatic rings.